The Hall–Kier alpha value is -2.18. The van der Waals surface area contributed by atoms with Crippen LogP contribution in [0.2, 0.25) is 0 Å². The minimum Gasteiger partial charge on any atom is -0.324 e. The summed E-state index contributed by atoms with van der Waals surface area (Å²) in [6.45, 7) is 3.14. The quantitative estimate of drug-likeness (QED) is 0.670. The fourth-order valence-electron chi connectivity index (χ4n) is 2.49. The van der Waals surface area contributed by atoms with Gasteiger partial charge in [-0.3, -0.25) is 4.98 Å². The molecule has 0 spiro atoms. The van der Waals surface area contributed by atoms with Crippen LogP contribution in [0.5, 0.6) is 0 Å². The van der Waals surface area contributed by atoms with Crippen LogP contribution in [0.15, 0.2) is 53.7 Å². The zero-order valence-corrected chi connectivity index (χ0v) is 14.5. The Bertz CT molecular complexity index is 785. The van der Waals surface area contributed by atoms with E-state index < -0.39 is 0 Å². The van der Waals surface area contributed by atoms with Gasteiger partial charge in [0.25, 0.3) is 0 Å². The summed E-state index contributed by atoms with van der Waals surface area (Å²) in [6.07, 6.45) is 0.905. The molecule has 0 aliphatic carbocycles. The molecule has 0 amide bonds. The van der Waals surface area contributed by atoms with Crippen molar-refractivity contribution in [1.29, 1.82) is 0 Å². The molecule has 0 saturated heterocycles. The van der Waals surface area contributed by atoms with E-state index in [0.29, 0.717) is 6.54 Å². The van der Waals surface area contributed by atoms with Crippen molar-refractivity contribution in [3.63, 3.8) is 0 Å². The van der Waals surface area contributed by atoms with Crippen molar-refractivity contribution < 1.29 is 0 Å². The molecule has 3 aromatic rings. The molecule has 0 bridgehead atoms. The largest absolute Gasteiger partial charge is 0.324 e. The highest BCUT2D eigenvalue weighted by Gasteiger charge is 2.12. The summed E-state index contributed by atoms with van der Waals surface area (Å²) in [5, 5.41) is 9.44. The number of pyridine rings is 1. The number of hydrogen-bond acceptors (Lipinski definition) is 5. The summed E-state index contributed by atoms with van der Waals surface area (Å²) in [4.78, 5) is 4.54. The van der Waals surface area contributed by atoms with Gasteiger partial charge in [-0.15, -0.1) is 10.2 Å². The fraction of sp³-hybridized carbons (Fsp3) is 0.278. The number of benzene rings is 1. The normalized spacial score (nSPS) is 10.9. The Morgan fingerprint density at radius 3 is 2.62 bits per heavy atom. The molecule has 3 rings (SSSR count). The summed E-state index contributed by atoms with van der Waals surface area (Å²) >= 11 is 1.70. The summed E-state index contributed by atoms with van der Waals surface area (Å²) < 4.78 is 2.10. The first-order valence-corrected chi connectivity index (χ1v) is 8.96. The first-order chi connectivity index (χ1) is 11.8. The standard InChI is InChI=1S/C18H21N5S/c1-14-6-5-9-16(20-14)10-11-24-18-22-21-17(12-19)23(18)13-15-7-3-2-4-8-15/h2-9H,10-13,19H2,1H3. The third-order valence-electron chi connectivity index (χ3n) is 3.69. The number of hydrogen-bond donors (Lipinski definition) is 1. The van der Waals surface area contributed by atoms with Gasteiger partial charge in [-0.2, -0.15) is 0 Å². The van der Waals surface area contributed by atoms with Crippen molar-refractivity contribution in [2.24, 2.45) is 5.73 Å². The van der Waals surface area contributed by atoms with Gasteiger partial charge in [0.15, 0.2) is 5.16 Å². The minimum absolute atomic E-state index is 0.389. The maximum atomic E-state index is 5.81. The van der Waals surface area contributed by atoms with Gasteiger partial charge < -0.3 is 10.3 Å². The van der Waals surface area contributed by atoms with Crippen molar-refractivity contribution in [3.8, 4) is 0 Å². The predicted molar refractivity (Wildman–Crippen MR) is 96.9 cm³/mol. The van der Waals surface area contributed by atoms with Crippen molar-refractivity contribution >= 4 is 11.8 Å². The molecule has 24 heavy (non-hydrogen) atoms. The van der Waals surface area contributed by atoms with Gasteiger partial charge in [0.2, 0.25) is 0 Å². The second-order valence-corrected chi connectivity index (χ2v) is 6.61. The highest BCUT2D eigenvalue weighted by molar-refractivity contribution is 7.99. The molecular weight excluding hydrogens is 318 g/mol. The SMILES string of the molecule is Cc1cccc(CCSc2nnc(CN)n2Cc2ccccc2)n1. The van der Waals surface area contributed by atoms with Gasteiger partial charge in [0.1, 0.15) is 5.82 Å². The van der Waals surface area contributed by atoms with E-state index in [4.69, 9.17) is 5.73 Å². The van der Waals surface area contributed by atoms with E-state index in [0.717, 1.165) is 41.1 Å². The van der Waals surface area contributed by atoms with Crippen LogP contribution in [-0.2, 0) is 19.5 Å². The Kier molecular flexibility index (Phi) is 5.61. The number of nitrogens with zero attached hydrogens (tertiary/aromatic N) is 4. The Balaban J connectivity index is 1.68. The van der Waals surface area contributed by atoms with Crippen molar-refractivity contribution in [2.45, 2.75) is 31.6 Å². The van der Waals surface area contributed by atoms with E-state index in [9.17, 15) is 0 Å². The molecule has 0 aliphatic rings. The molecule has 5 nitrogen and oxygen atoms in total. The molecular formula is C18H21N5S. The Morgan fingerprint density at radius 2 is 1.88 bits per heavy atom. The van der Waals surface area contributed by atoms with Crippen LogP contribution in [0, 0.1) is 6.92 Å². The van der Waals surface area contributed by atoms with Crippen LogP contribution in [0.4, 0.5) is 0 Å². The first kappa shape index (κ1) is 16.7. The summed E-state index contributed by atoms with van der Waals surface area (Å²) in [5.41, 5.74) is 9.19. The van der Waals surface area contributed by atoms with Gasteiger partial charge in [-0.05, 0) is 31.0 Å². The summed E-state index contributed by atoms with van der Waals surface area (Å²) in [6, 6.07) is 16.4. The molecule has 0 aliphatic heterocycles. The van der Waals surface area contributed by atoms with Crippen molar-refractivity contribution in [3.05, 3.63) is 71.3 Å². The minimum atomic E-state index is 0.389. The summed E-state index contributed by atoms with van der Waals surface area (Å²) in [5.74, 6) is 1.73. The molecule has 0 radical (unpaired) electrons. The van der Waals surface area contributed by atoms with Crippen LogP contribution >= 0.6 is 11.8 Å². The molecule has 124 valence electrons. The van der Waals surface area contributed by atoms with Crippen LogP contribution in [-0.4, -0.2) is 25.5 Å². The zero-order chi connectivity index (χ0) is 16.8. The first-order valence-electron chi connectivity index (χ1n) is 7.97. The molecule has 2 N–H and O–H groups in total. The number of aryl methyl sites for hydroxylation is 2. The second kappa shape index (κ2) is 8.08. The van der Waals surface area contributed by atoms with E-state index >= 15 is 0 Å². The number of aromatic nitrogens is 4. The van der Waals surface area contributed by atoms with E-state index in [1.807, 2.05) is 37.3 Å². The predicted octanol–water partition coefficient (Wildman–Crippen LogP) is 2.82. The molecule has 6 heteroatoms. The lowest BCUT2D eigenvalue weighted by Gasteiger charge is -2.09. The van der Waals surface area contributed by atoms with Crippen LogP contribution in [0.3, 0.4) is 0 Å². The van der Waals surface area contributed by atoms with Crippen molar-refractivity contribution in [2.75, 3.05) is 5.75 Å². The van der Waals surface area contributed by atoms with Crippen LogP contribution in [0.25, 0.3) is 0 Å². The molecule has 0 fully saturated rings. The van der Waals surface area contributed by atoms with Gasteiger partial charge in [0.05, 0.1) is 13.1 Å². The lowest BCUT2D eigenvalue weighted by atomic mass is 10.2. The molecule has 0 saturated carbocycles. The van der Waals surface area contributed by atoms with Gasteiger partial charge in [-0.1, -0.05) is 48.2 Å². The topological polar surface area (TPSA) is 69.6 Å². The van der Waals surface area contributed by atoms with E-state index in [1.165, 1.54) is 5.56 Å². The highest BCUT2D eigenvalue weighted by Crippen LogP contribution is 2.19. The number of thioether (sulfide) groups is 1. The fourth-order valence-corrected chi connectivity index (χ4v) is 3.41. The zero-order valence-electron chi connectivity index (χ0n) is 13.7. The molecule has 0 atom stereocenters. The molecule has 1 aromatic carbocycles. The molecule has 0 unspecified atom stereocenters. The van der Waals surface area contributed by atoms with Gasteiger partial charge in [-0.25, -0.2) is 0 Å². The smallest absolute Gasteiger partial charge is 0.191 e. The van der Waals surface area contributed by atoms with E-state index in [1.54, 1.807) is 11.8 Å². The van der Waals surface area contributed by atoms with E-state index in [2.05, 4.69) is 37.9 Å². The lowest BCUT2D eigenvalue weighted by Crippen LogP contribution is -2.10. The maximum absolute atomic E-state index is 5.81. The Labute approximate surface area is 146 Å². The monoisotopic (exact) mass is 339 g/mol. The average molecular weight is 339 g/mol. The van der Waals surface area contributed by atoms with Crippen LogP contribution in [0.1, 0.15) is 22.8 Å². The van der Waals surface area contributed by atoms with Gasteiger partial charge >= 0.3 is 0 Å². The average Bonchev–Trinajstić information content (AvgIpc) is 2.98. The third kappa shape index (κ3) is 4.21. The van der Waals surface area contributed by atoms with Gasteiger partial charge in [0, 0.05) is 17.1 Å². The molecule has 2 heterocycles. The summed E-state index contributed by atoms with van der Waals surface area (Å²) in [7, 11) is 0. The molecule has 2 aromatic heterocycles. The maximum Gasteiger partial charge on any atom is 0.191 e. The third-order valence-corrected chi connectivity index (χ3v) is 4.66. The number of rotatable bonds is 7. The second-order valence-electron chi connectivity index (χ2n) is 5.54. The van der Waals surface area contributed by atoms with E-state index in [-0.39, 0.29) is 0 Å². The van der Waals surface area contributed by atoms with Crippen molar-refractivity contribution in [1.82, 2.24) is 19.7 Å². The number of nitrogens with two attached hydrogens (primary N) is 1. The highest BCUT2D eigenvalue weighted by atomic mass is 32.2. The lowest BCUT2D eigenvalue weighted by molar-refractivity contribution is 0.666. The Morgan fingerprint density at radius 1 is 1.04 bits per heavy atom. The van der Waals surface area contributed by atoms with Crippen LogP contribution < -0.4 is 5.73 Å².